The summed E-state index contributed by atoms with van der Waals surface area (Å²) < 4.78 is 0. The quantitative estimate of drug-likeness (QED) is 0.833. The first-order valence-electron chi connectivity index (χ1n) is 7.40. The van der Waals surface area contributed by atoms with Crippen molar-refractivity contribution in [2.75, 3.05) is 0 Å². The van der Waals surface area contributed by atoms with Crippen molar-refractivity contribution in [3.63, 3.8) is 0 Å². The van der Waals surface area contributed by atoms with E-state index in [0.29, 0.717) is 12.0 Å². The topological polar surface area (TPSA) is 40.7 Å². The zero-order valence-electron chi connectivity index (χ0n) is 12.9. The van der Waals surface area contributed by atoms with Crippen molar-refractivity contribution in [2.24, 2.45) is 5.92 Å². The first-order chi connectivity index (χ1) is 9.56. The summed E-state index contributed by atoms with van der Waals surface area (Å²) >= 11 is 0. The Morgan fingerprint density at radius 2 is 1.70 bits per heavy atom. The third-order valence-electron chi connectivity index (χ3n) is 3.61. The van der Waals surface area contributed by atoms with E-state index < -0.39 is 0 Å². The van der Waals surface area contributed by atoms with Crippen LogP contribution in [0.2, 0.25) is 0 Å². The Balaban J connectivity index is 1.97. The van der Waals surface area contributed by atoms with Gasteiger partial charge in [0.2, 0.25) is 0 Å². The second-order valence-corrected chi connectivity index (χ2v) is 5.96. The summed E-state index contributed by atoms with van der Waals surface area (Å²) in [5.41, 5.74) is 3.86. The van der Waals surface area contributed by atoms with Crippen LogP contribution in [0.1, 0.15) is 56.6 Å². The van der Waals surface area contributed by atoms with Gasteiger partial charge in [-0.2, -0.15) is 5.10 Å². The number of nitrogens with zero attached hydrogens (tertiary/aromatic N) is 1. The minimum Gasteiger partial charge on any atom is -0.302 e. The lowest BCUT2D eigenvalue weighted by Crippen LogP contribution is -2.22. The van der Waals surface area contributed by atoms with E-state index in [9.17, 15) is 0 Å². The van der Waals surface area contributed by atoms with Crippen LogP contribution in [0.5, 0.6) is 0 Å². The molecule has 1 heterocycles. The van der Waals surface area contributed by atoms with Crippen LogP contribution in [-0.4, -0.2) is 10.2 Å². The average molecular weight is 271 g/mol. The molecule has 3 heteroatoms. The molecule has 20 heavy (non-hydrogen) atoms. The fourth-order valence-electron chi connectivity index (χ4n) is 2.48. The highest BCUT2D eigenvalue weighted by molar-refractivity contribution is 5.25. The molecule has 0 saturated heterocycles. The molecule has 1 aromatic heterocycles. The van der Waals surface area contributed by atoms with Crippen LogP contribution in [0.3, 0.4) is 0 Å². The van der Waals surface area contributed by atoms with Crippen LogP contribution in [0.25, 0.3) is 0 Å². The summed E-state index contributed by atoms with van der Waals surface area (Å²) in [6.07, 6.45) is 2.94. The SMILES string of the molecule is CC(C)Cc1ccc(C(C)NC(C)c2ccn[nH]2)cc1. The van der Waals surface area contributed by atoms with Gasteiger partial charge >= 0.3 is 0 Å². The number of aromatic nitrogens is 2. The molecule has 2 rings (SSSR count). The number of hydrogen-bond donors (Lipinski definition) is 2. The van der Waals surface area contributed by atoms with Crippen molar-refractivity contribution < 1.29 is 0 Å². The lowest BCUT2D eigenvalue weighted by atomic mass is 9.99. The van der Waals surface area contributed by atoms with Gasteiger partial charge in [0.1, 0.15) is 0 Å². The molecular formula is C17H25N3. The molecular weight excluding hydrogens is 246 g/mol. The highest BCUT2D eigenvalue weighted by Gasteiger charge is 2.12. The molecule has 1 aromatic carbocycles. The largest absolute Gasteiger partial charge is 0.302 e. The number of rotatable bonds is 6. The number of nitrogens with one attached hydrogen (secondary N) is 2. The van der Waals surface area contributed by atoms with Gasteiger partial charge in [-0.3, -0.25) is 5.10 Å². The Bertz CT molecular complexity index is 500. The molecule has 0 bridgehead atoms. The predicted octanol–water partition coefficient (Wildman–Crippen LogP) is 4.02. The van der Waals surface area contributed by atoms with Gasteiger partial charge in [-0.05, 0) is 43.4 Å². The number of hydrogen-bond acceptors (Lipinski definition) is 2. The first kappa shape index (κ1) is 14.8. The van der Waals surface area contributed by atoms with Crippen LogP contribution >= 0.6 is 0 Å². The maximum Gasteiger partial charge on any atom is 0.0518 e. The first-order valence-corrected chi connectivity index (χ1v) is 7.40. The van der Waals surface area contributed by atoms with Crippen LogP contribution in [0, 0.1) is 5.92 Å². The van der Waals surface area contributed by atoms with Gasteiger partial charge in [-0.1, -0.05) is 38.1 Å². The summed E-state index contributed by atoms with van der Waals surface area (Å²) in [7, 11) is 0. The molecule has 0 aliphatic carbocycles. The maximum absolute atomic E-state index is 4.00. The second-order valence-electron chi connectivity index (χ2n) is 5.96. The lowest BCUT2D eigenvalue weighted by Gasteiger charge is -2.19. The highest BCUT2D eigenvalue weighted by Crippen LogP contribution is 2.19. The van der Waals surface area contributed by atoms with E-state index in [4.69, 9.17) is 0 Å². The highest BCUT2D eigenvalue weighted by atomic mass is 15.1. The van der Waals surface area contributed by atoms with Crippen molar-refractivity contribution in [3.8, 4) is 0 Å². The normalized spacial score (nSPS) is 14.4. The Morgan fingerprint density at radius 1 is 1.00 bits per heavy atom. The molecule has 3 nitrogen and oxygen atoms in total. The molecule has 0 saturated carbocycles. The molecule has 0 aliphatic heterocycles. The van der Waals surface area contributed by atoms with Gasteiger partial charge in [-0.25, -0.2) is 0 Å². The molecule has 2 unspecified atom stereocenters. The van der Waals surface area contributed by atoms with E-state index in [0.717, 1.165) is 12.1 Å². The Kier molecular flexibility index (Phi) is 4.96. The minimum atomic E-state index is 0.267. The zero-order valence-corrected chi connectivity index (χ0v) is 12.9. The minimum absolute atomic E-state index is 0.267. The van der Waals surface area contributed by atoms with Crippen LogP contribution in [-0.2, 0) is 6.42 Å². The van der Waals surface area contributed by atoms with Gasteiger partial charge < -0.3 is 5.32 Å². The smallest absolute Gasteiger partial charge is 0.0518 e. The Labute approximate surface area is 121 Å². The van der Waals surface area contributed by atoms with Crippen molar-refractivity contribution in [1.82, 2.24) is 15.5 Å². The van der Waals surface area contributed by atoms with Gasteiger partial charge in [-0.15, -0.1) is 0 Å². The molecule has 0 radical (unpaired) electrons. The van der Waals surface area contributed by atoms with Crippen molar-refractivity contribution in [2.45, 2.75) is 46.2 Å². The number of H-pyrrole nitrogens is 1. The van der Waals surface area contributed by atoms with Crippen molar-refractivity contribution in [3.05, 3.63) is 53.3 Å². The predicted molar refractivity (Wildman–Crippen MR) is 83.5 cm³/mol. The van der Waals surface area contributed by atoms with E-state index in [-0.39, 0.29) is 6.04 Å². The van der Waals surface area contributed by atoms with E-state index in [1.54, 1.807) is 6.20 Å². The maximum atomic E-state index is 4.00. The fraction of sp³-hybridized carbons (Fsp3) is 0.471. The van der Waals surface area contributed by atoms with E-state index >= 15 is 0 Å². The summed E-state index contributed by atoms with van der Waals surface area (Å²) in [6.45, 7) is 8.86. The van der Waals surface area contributed by atoms with Crippen molar-refractivity contribution >= 4 is 0 Å². The molecule has 2 atom stereocenters. The van der Waals surface area contributed by atoms with Gasteiger partial charge in [0.05, 0.1) is 5.69 Å². The Hall–Kier alpha value is -1.61. The molecule has 2 N–H and O–H groups in total. The number of aromatic amines is 1. The third kappa shape index (κ3) is 3.94. The Morgan fingerprint density at radius 3 is 2.25 bits per heavy atom. The number of benzene rings is 1. The average Bonchev–Trinajstić information content (AvgIpc) is 2.92. The van der Waals surface area contributed by atoms with Gasteiger partial charge in [0, 0.05) is 18.3 Å². The standard InChI is InChI=1S/C17H25N3/c1-12(2)11-15-5-7-16(8-6-15)13(3)19-14(4)17-9-10-18-20-17/h5-10,12-14,19H,11H2,1-4H3,(H,18,20). The fourth-order valence-corrected chi connectivity index (χ4v) is 2.48. The van der Waals surface area contributed by atoms with Crippen LogP contribution < -0.4 is 5.32 Å². The van der Waals surface area contributed by atoms with Gasteiger partial charge in [0.25, 0.3) is 0 Å². The molecule has 108 valence electrons. The molecule has 0 spiro atoms. The van der Waals surface area contributed by atoms with Gasteiger partial charge in [0.15, 0.2) is 0 Å². The summed E-state index contributed by atoms with van der Waals surface area (Å²) in [6, 6.07) is 11.5. The third-order valence-corrected chi connectivity index (χ3v) is 3.61. The van der Waals surface area contributed by atoms with Crippen LogP contribution in [0.4, 0.5) is 0 Å². The zero-order chi connectivity index (χ0) is 14.5. The molecule has 0 fully saturated rings. The summed E-state index contributed by atoms with van der Waals surface area (Å²) in [4.78, 5) is 0. The van der Waals surface area contributed by atoms with E-state index in [1.807, 2.05) is 6.07 Å². The lowest BCUT2D eigenvalue weighted by molar-refractivity contribution is 0.485. The molecule has 2 aromatic rings. The van der Waals surface area contributed by atoms with E-state index in [2.05, 4.69) is 67.5 Å². The van der Waals surface area contributed by atoms with Crippen molar-refractivity contribution in [1.29, 1.82) is 0 Å². The van der Waals surface area contributed by atoms with E-state index in [1.165, 1.54) is 11.1 Å². The summed E-state index contributed by atoms with van der Waals surface area (Å²) in [5, 5.41) is 10.6. The second kappa shape index (κ2) is 6.71. The molecule has 0 aliphatic rings. The summed E-state index contributed by atoms with van der Waals surface area (Å²) in [5.74, 6) is 0.705. The monoisotopic (exact) mass is 271 g/mol. The molecule has 0 amide bonds. The van der Waals surface area contributed by atoms with Crippen LogP contribution in [0.15, 0.2) is 36.5 Å².